The molecule has 5 rings (SSSR count). The first kappa shape index (κ1) is 19.9. The van der Waals surface area contributed by atoms with E-state index in [4.69, 9.17) is 9.26 Å². The van der Waals surface area contributed by atoms with E-state index < -0.39 is 5.60 Å². The lowest BCUT2D eigenvalue weighted by molar-refractivity contribution is -0.131. The summed E-state index contributed by atoms with van der Waals surface area (Å²) in [6, 6.07) is 5.85. The summed E-state index contributed by atoms with van der Waals surface area (Å²) in [5, 5.41) is 15.0. The Bertz CT molecular complexity index is 802. The van der Waals surface area contributed by atoms with E-state index in [2.05, 4.69) is 21.6 Å². The molecule has 3 aliphatic heterocycles. The Morgan fingerprint density at radius 2 is 2.19 bits per heavy atom. The predicted octanol–water partition coefficient (Wildman–Crippen LogP) is 3.03. The lowest BCUT2D eigenvalue weighted by Crippen LogP contribution is -2.61. The molecule has 6 nitrogen and oxygen atoms in total. The highest BCUT2D eigenvalue weighted by Gasteiger charge is 2.46. The van der Waals surface area contributed by atoms with Gasteiger partial charge in [-0.2, -0.15) is 4.98 Å². The van der Waals surface area contributed by atoms with E-state index in [1.807, 2.05) is 24.3 Å². The largest absolute Gasteiger partial charge is 0.490 e. The second-order valence-electron chi connectivity index (χ2n) is 7.39. The molecule has 1 atom stereocenters. The van der Waals surface area contributed by atoms with Crippen molar-refractivity contribution < 1.29 is 14.4 Å². The Balaban J connectivity index is 0.00000210. The van der Waals surface area contributed by atoms with E-state index in [9.17, 15) is 5.11 Å². The molecule has 1 aromatic heterocycles. The molecule has 1 aromatic carbocycles. The number of nitrogens with zero attached hydrogens (tertiary/aromatic N) is 3. The van der Waals surface area contributed by atoms with Gasteiger partial charge in [0.25, 0.3) is 0 Å². The zero-order chi connectivity index (χ0) is 18.1. The fraction of sp³-hybridized carbons (Fsp3) is 0.500. The summed E-state index contributed by atoms with van der Waals surface area (Å²) >= 11 is 0. The molecule has 3 fully saturated rings. The van der Waals surface area contributed by atoms with E-state index in [0.717, 1.165) is 42.8 Å². The summed E-state index contributed by atoms with van der Waals surface area (Å²) in [5.41, 5.74) is 1.13. The van der Waals surface area contributed by atoms with Crippen molar-refractivity contribution in [3.05, 3.63) is 42.3 Å². The summed E-state index contributed by atoms with van der Waals surface area (Å²) in [7, 11) is 0. The number of rotatable bonds is 6. The molecular formula is C20H26ClN3O3. The van der Waals surface area contributed by atoms with Crippen LogP contribution in [0, 0.1) is 12.8 Å². The van der Waals surface area contributed by atoms with Crippen LogP contribution in [0.1, 0.15) is 24.3 Å². The molecule has 3 saturated heterocycles. The van der Waals surface area contributed by atoms with Crippen molar-refractivity contribution in [2.45, 2.75) is 31.8 Å². The molecule has 4 heterocycles. The molecule has 0 saturated carbocycles. The minimum atomic E-state index is -0.759. The van der Waals surface area contributed by atoms with Crippen molar-refractivity contribution >= 4 is 12.4 Å². The number of ether oxygens (including phenoxy) is 1. The summed E-state index contributed by atoms with van der Waals surface area (Å²) in [6.45, 7) is 8.81. The number of fused-ring (bicyclic) bond motifs is 3. The maximum atomic E-state index is 11.1. The van der Waals surface area contributed by atoms with Gasteiger partial charge in [-0.3, -0.25) is 0 Å². The van der Waals surface area contributed by atoms with Crippen molar-refractivity contribution in [2.24, 2.45) is 5.92 Å². The highest BCUT2D eigenvalue weighted by Crippen LogP contribution is 2.36. The maximum absolute atomic E-state index is 11.1. The number of aliphatic hydroxyl groups is 1. The number of hydrogen-bond donors (Lipinski definition) is 1. The minimum absolute atomic E-state index is 0. The molecule has 1 N–H and O–H groups in total. The number of aryl methyl sites for hydroxylation is 1. The van der Waals surface area contributed by atoms with Crippen molar-refractivity contribution in [2.75, 3.05) is 26.2 Å². The first-order valence-corrected chi connectivity index (χ1v) is 9.19. The van der Waals surface area contributed by atoms with Gasteiger partial charge in [-0.1, -0.05) is 11.2 Å². The Hall–Kier alpha value is -1.89. The average Bonchev–Trinajstić information content (AvgIpc) is 3.08. The van der Waals surface area contributed by atoms with E-state index in [0.29, 0.717) is 37.2 Å². The number of aromatic nitrogens is 2. The fourth-order valence-electron chi connectivity index (χ4n) is 4.10. The molecule has 1 unspecified atom stereocenters. The molecule has 0 radical (unpaired) electrons. The zero-order valence-electron chi connectivity index (χ0n) is 15.6. The van der Waals surface area contributed by atoms with Gasteiger partial charge < -0.3 is 19.3 Å². The molecule has 146 valence electrons. The first-order valence-electron chi connectivity index (χ1n) is 9.19. The molecule has 0 amide bonds. The Labute approximate surface area is 165 Å². The normalized spacial score (nSPS) is 26.4. The molecule has 2 bridgehead atoms. The average molecular weight is 392 g/mol. The summed E-state index contributed by atoms with van der Waals surface area (Å²) in [6.07, 6.45) is 4.62. The number of hydrogen-bond acceptors (Lipinski definition) is 6. The van der Waals surface area contributed by atoms with Crippen LogP contribution >= 0.6 is 12.4 Å². The Kier molecular flexibility index (Phi) is 5.89. The Morgan fingerprint density at radius 3 is 2.78 bits per heavy atom. The highest BCUT2D eigenvalue weighted by molar-refractivity contribution is 5.85. The SMILES string of the molecule is C=CCc1cc(-c2noc(C)n2)ccc1OCC1(O)CN2CCC1CC2.Cl. The van der Waals surface area contributed by atoms with E-state index in [1.54, 1.807) is 6.92 Å². The monoisotopic (exact) mass is 391 g/mol. The van der Waals surface area contributed by atoms with Crippen LogP contribution < -0.4 is 4.74 Å². The van der Waals surface area contributed by atoms with E-state index in [-0.39, 0.29) is 12.4 Å². The predicted molar refractivity (Wildman–Crippen MR) is 105 cm³/mol. The second-order valence-corrected chi connectivity index (χ2v) is 7.39. The first-order chi connectivity index (χ1) is 12.6. The molecule has 2 aromatic rings. The number of benzene rings is 1. The number of piperidine rings is 3. The fourth-order valence-corrected chi connectivity index (χ4v) is 4.10. The van der Waals surface area contributed by atoms with Gasteiger partial charge in [0.15, 0.2) is 0 Å². The second kappa shape index (κ2) is 8.00. The van der Waals surface area contributed by atoms with Gasteiger partial charge in [-0.15, -0.1) is 19.0 Å². The topological polar surface area (TPSA) is 71.6 Å². The van der Waals surface area contributed by atoms with Crippen LogP contribution in [-0.4, -0.2) is 52.0 Å². The number of halogens is 1. The van der Waals surface area contributed by atoms with Crippen molar-refractivity contribution in [1.29, 1.82) is 0 Å². The molecule has 3 aliphatic rings. The third-order valence-corrected chi connectivity index (χ3v) is 5.53. The Morgan fingerprint density at radius 1 is 1.41 bits per heavy atom. The minimum Gasteiger partial charge on any atom is -0.490 e. The van der Waals surface area contributed by atoms with Gasteiger partial charge in [0.2, 0.25) is 11.7 Å². The van der Waals surface area contributed by atoms with Crippen molar-refractivity contribution in [3.8, 4) is 17.1 Å². The molecule has 7 heteroatoms. The molecule has 27 heavy (non-hydrogen) atoms. The molecule has 0 aliphatic carbocycles. The van der Waals surface area contributed by atoms with Crippen LogP contribution in [0.15, 0.2) is 35.4 Å². The van der Waals surface area contributed by atoms with Crippen molar-refractivity contribution in [1.82, 2.24) is 15.0 Å². The quantitative estimate of drug-likeness (QED) is 0.763. The highest BCUT2D eigenvalue weighted by atomic mass is 35.5. The van der Waals surface area contributed by atoms with E-state index >= 15 is 0 Å². The van der Waals surface area contributed by atoms with Crippen LogP contribution in [-0.2, 0) is 6.42 Å². The van der Waals surface area contributed by atoms with Gasteiger partial charge in [0.05, 0.1) is 0 Å². The van der Waals surface area contributed by atoms with Gasteiger partial charge in [-0.05, 0) is 62.0 Å². The van der Waals surface area contributed by atoms with Gasteiger partial charge in [0.1, 0.15) is 18.0 Å². The van der Waals surface area contributed by atoms with Crippen LogP contribution in [0.4, 0.5) is 0 Å². The third kappa shape index (κ3) is 4.03. The zero-order valence-corrected chi connectivity index (χ0v) is 16.4. The maximum Gasteiger partial charge on any atom is 0.223 e. The lowest BCUT2D eigenvalue weighted by Gasteiger charge is -2.50. The molecular weight excluding hydrogens is 366 g/mol. The standard InChI is InChI=1S/C20H25N3O3.ClH/c1-3-4-15-11-16(19-21-14(2)26-22-19)5-6-18(15)25-13-20(24)12-23-9-7-17(20)8-10-23;/h3,5-6,11,17,24H,1,4,7-10,12-13H2,2H3;1H. The van der Waals surface area contributed by atoms with E-state index in [1.165, 1.54) is 0 Å². The summed E-state index contributed by atoms with van der Waals surface area (Å²) in [4.78, 5) is 6.61. The van der Waals surface area contributed by atoms with Gasteiger partial charge in [-0.25, -0.2) is 0 Å². The van der Waals surface area contributed by atoms with Crippen LogP contribution in [0.3, 0.4) is 0 Å². The smallest absolute Gasteiger partial charge is 0.223 e. The lowest BCUT2D eigenvalue weighted by atomic mass is 9.76. The van der Waals surface area contributed by atoms with Gasteiger partial charge >= 0.3 is 0 Å². The third-order valence-electron chi connectivity index (χ3n) is 5.53. The number of allylic oxidation sites excluding steroid dienone is 1. The van der Waals surface area contributed by atoms with Crippen molar-refractivity contribution in [3.63, 3.8) is 0 Å². The summed E-state index contributed by atoms with van der Waals surface area (Å²) < 4.78 is 11.2. The molecule has 0 spiro atoms. The van der Waals surface area contributed by atoms with Crippen LogP contribution in [0.25, 0.3) is 11.4 Å². The van der Waals surface area contributed by atoms with Crippen LogP contribution in [0.2, 0.25) is 0 Å². The van der Waals surface area contributed by atoms with Crippen LogP contribution in [0.5, 0.6) is 5.75 Å². The summed E-state index contributed by atoms with van der Waals surface area (Å²) in [5.74, 6) is 2.21. The van der Waals surface area contributed by atoms with Gasteiger partial charge in [0, 0.05) is 19.0 Å².